The lowest BCUT2D eigenvalue weighted by atomic mass is 10.2. The molecule has 1 N–H and O–H groups in total. The Morgan fingerprint density at radius 1 is 1.38 bits per heavy atom. The van der Waals surface area contributed by atoms with Crippen LogP contribution in [0, 0.1) is 0 Å². The molecule has 1 aromatic carbocycles. The smallest absolute Gasteiger partial charge is 0.0451 e. The summed E-state index contributed by atoms with van der Waals surface area (Å²) < 4.78 is 0. The van der Waals surface area contributed by atoms with E-state index >= 15 is 0 Å². The Morgan fingerprint density at radius 2 is 2.12 bits per heavy atom. The summed E-state index contributed by atoms with van der Waals surface area (Å²) >= 11 is 13.9. The molecule has 0 amide bonds. The predicted molar refractivity (Wildman–Crippen MR) is 75.8 cm³/mol. The predicted octanol–water partition coefficient (Wildman–Crippen LogP) is 4.22. The maximum Gasteiger partial charge on any atom is 0.0451 e. The zero-order valence-corrected chi connectivity index (χ0v) is 11.9. The third-order valence-electron chi connectivity index (χ3n) is 2.45. The number of nitrogens with one attached hydrogen (secondary N) is 1. The summed E-state index contributed by atoms with van der Waals surface area (Å²) in [4.78, 5) is 0. The molecule has 0 aliphatic rings. The molecule has 1 aromatic rings. The van der Waals surface area contributed by atoms with Gasteiger partial charge in [-0.3, -0.25) is 0 Å². The average Bonchev–Trinajstić information content (AvgIpc) is 2.28. The van der Waals surface area contributed by atoms with Gasteiger partial charge in [0.2, 0.25) is 0 Å². The molecule has 16 heavy (non-hydrogen) atoms. The van der Waals surface area contributed by atoms with E-state index in [0.717, 1.165) is 28.7 Å². The van der Waals surface area contributed by atoms with Crippen LogP contribution in [0.2, 0.25) is 10.0 Å². The third-order valence-corrected chi connectivity index (χ3v) is 4.10. The summed E-state index contributed by atoms with van der Waals surface area (Å²) in [5, 5.41) is 5.58. The van der Waals surface area contributed by atoms with Gasteiger partial charge in [-0.2, -0.15) is 11.8 Å². The van der Waals surface area contributed by atoms with Crippen LogP contribution in [0.1, 0.15) is 18.9 Å². The van der Waals surface area contributed by atoms with Crippen molar-refractivity contribution in [3.63, 3.8) is 0 Å². The minimum Gasteiger partial charge on any atom is -0.313 e. The van der Waals surface area contributed by atoms with E-state index in [9.17, 15) is 0 Å². The highest BCUT2D eigenvalue weighted by atomic mass is 35.5. The van der Waals surface area contributed by atoms with Crippen LogP contribution in [0.4, 0.5) is 0 Å². The van der Waals surface area contributed by atoms with Crippen LogP contribution in [-0.2, 0) is 6.54 Å². The molecular formula is C12H17Cl2NS. The lowest BCUT2D eigenvalue weighted by molar-refractivity contribution is 0.648. The molecule has 1 rings (SSSR count). The first-order chi connectivity index (χ1) is 7.63. The zero-order valence-electron chi connectivity index (χ0n) is 9.59. The molecule has 0 aromatic heterocycles. The fourth-order valence-electron chi connectivity index (χ4n) is 1.33. The van der Waals surface area contributed by atoms with Gasteiger partial charge in [0.25, 0.3) is 0 Å². The van der Waals surface area contributed by atoms with Crippen LogP contribution < -0.4 is 5.32 Å². The van der Waals surface area contributed by atoms with Gasteiger partial charge in [-0.15, -0.1) is 0 Å². The second-order valence-electron chi connectivity index (χ2n) is 3.75. The molecular weight excluding hydrogens is 261 g/mol. The Kier molecular flexibility index (Phi) is 6.59. The second kappa shape index (κ2) is 7.44. The minimum atomic E-state index is 0.697. The van der Waals surface area contributed by atoms with Crippen molar-refractivity contribution < 1.29 is 0 Å². The number of benzene rings is 1. The first kappa shape index (κ1) is 14.2. The van der Waals surface area contributed by atoms with Crippen molar-refractivity contribution in [2.24, 2.45) is 0 Å². The first-order valence-electron chi connectivity index (χ1n) is 5.31. The molecule has 1 atom stereocenters. The molecule has 90 valence electrons. The van der Waals surface area contributed by atoms with Crippen LogP contribution in [-0.4, -0.2) is 18.1 Å². The van der Waals surface area contributed by atoms with Crippen molar-refractivity contribution in [1.82, 2.24) is 5.32 Å². The fraction of sp³-hybridized carbons (Fsp3) is 0.500. The molecule has 0 aliphatic carbocycles. The molecule has 0 radical (unpaired) electrons. The summed E-state index contributed by atoms with van der Waals surface area (Å²) in [5.74, 6) is 0. The molecule has 0 bridgehead atoms. The average molecular weight is 278 g/mol. The number of thioether (sulfide) groups is 1. The van der Waals surface area contributed by atoms with E-state index in [2.05, 4.69) is 18.5 Å². The molecule has 4 heteroatoms. The largest absolute Gasteiger partial charge is 0.313 e. The summed E-state index contributed by atoms with van der Waals surface area (Å²) in [6, 6.07) is 5.56. The van der Waals surface area contributed by atoms with E-state index in [0.29, 0.717) is 5.25 Å². The van der Waals surface area contributed by atoms with Crippen LogP contribution in [0.25, 0.3) is 0 Å². The monoisotopic (exact) mass is 277 g/mol. The Bertz CT molecular complexity index is 331. The third kappa shape index (κ3) is 4.96. The van der Waals surface area contributed by atoms with Crippen LogP contribution in [0.15, 0.2) is 18.2 Å². The first-order valence-corrected chi connectivity index (χ1v) is 7.35. The number of rotatable bonds is 6. The van der Waals surface area contributed by atoms with Crippen molar-refractivity contribution in [3.8, 4) is 0 Å². The Balaban J connectivity index is 2.34. The molecule has 1 unspecified atom stereocenters. The van der Waals surface area contributed by atoms with Gasteiger partial charge in [0.05, 0.1) is 0 Å². The normalized spacial score (nSPS) is 12.8. The van der Waals surface area contributed by atoms with Gasteiger partial charge in [0.1, 0.15) is 0 Å². The van der Waals surface area contributed by atoms with Gasteiger partial charge >= 0.3 is 0 Å². The van der Waals surface area contributed by atoms with Crippen LogP contribution in [0.3, 0.4) is 0 Å². The van der Waals surface area contributed by atoms with Crippen molar-refractivity contribution in [2.75, 3.05) is 12.8 Å². The molecule has 1 nitrogen and oxygen atoms in total. The van der Waals surface area contributed by atoms with Crippen molar-refractivity contribution in [1.29, 1.82) is 0 Å². The van der Waals surface area contributed by atoms with Crippen molar-refractivity contribution in [3.05, 3.63) is 33.8 Å². The van der Waals surface area contributed by atoms with Gasteiger partial charge in [0, 0.05) is 21.8 Å². The standard InChI is InChI=1S/C12H17Cl2NS/c1-9(16-2)5-6-15-8-10-7-11(13)3-4-12(10)14/h3-4,7,9,15H,5-6,8H2,1-2H3. The lowest BCUT2D eigenvalue weighted by Crippen LogP contribution is -2.17. The zero-order chi connectivity index (χ0) is 12.0. The highest BCUT2D eigenvalue weighted by molar-refractivity contribution is 7.99. The maximum atomic E-state index is 6.06. The molecule has 0 aliphatic heterocycles. The Labute approximate surface area is 112 Å². The molecule has 0 fully saturated rings. The van der Waals surface area contributed by atoms with Crippen LogP contribution >= 0.6 is 35.0 Å². The molecule has 0 saturated heterocycles. The summed E-state index contributed by atoms with van der Waals surface area (Å²) in [5.41, 5.74) is 1.06. The lowest BCUT2D eigenvalue weighted by Gasteiger charge is -2.10. The van der Waals surface area contributed by atoms with Crippen molar-refractivity contribution >= 4 is 35.0 Å². The summed E-state index contributed by atoms with van der Waals surface area (Å²) in [6.45, 7) is 4.02. The number of hydrogen-bond acceptors (Lipinski definition) is 2. The highest BCUT2D eigenvalue weighted by Gasteiger charge is 2.02. The van der Waals surface area contributed by atoms with Crippen LogP contribution in [0.5, 0.6) is 0 Å². The number of hydrogen-bond donors (Lipinski definition) is 1. The van der Waals surface area contributed by atoms with E-state index in [1.807, 2.05) is 30.0 Å². The minimum absolute atomic E-state index is 0.697. The quantitative estimate of drug-likeness (QED) is 0.782. The van der Waals surface area contributed by atoms with E-state index in [1.54, 1.807) is 0 Å². The summed E-state index contributed by atoms with van der Waals surface area (Å²) in [6.07, 6.45) is 3.30. The van der Waals surface area contributed by atoms with Gasteiger partial charge in [-0.05, 0) is 43.0 Å². The molecule has 0 spiro atoms. The van der Waals surface area contributed by atoms with Crippen molar-refractivity contribution in [2.45, 2.75) is 25.1 Å². The van der Waals surface area contributed by atoms with E-state index in [1.165, 1.54) is 6.42 Å². The number of halogens is 2. The van der Waals surface area contributed by atoms with Gasteiger partial charge < -0.3 is 5.32 Å². The van der Waals surface area contributed by atoms with E-state index < -0.39 is 0 Å². The second-order valence-corrected chi connectivity index (χ2v) is 5.87. The maximum absolute atomic E-state index is 6.06. The SMILES string of the molecule is CSC(C)CCNCc1cc(Cl)ccc1Cl. The van der Waals surface area contributed by atoms with E-state index in [4.69, 9.17) is 23.2 Å². The summed E-state index contributed by atoms with van der Waals surface area (Å²) in [7, 11) is 0. The van der Waals surface area contributed by atoms with Gasteiger partial charge in [-0.1, -0.05) is 30.1 Å². The highest BCUT2D eigenvalue weighted by Crippen LogP contribution is 2.20. The van der Waals surface area contributed by atoms with Gasteiger partial charge in [-0.25, -0.2) is 0 Å². The molecule has 0 saturated carbocycles. The van der Waals surface area contributed by atoms with Gasteiger partial charge in [0.15, 0.2) is 0 Å². The van der Waals surface area contributed by atoms with E-state index in [-0.39, 0.29) is 0 Å². The Morgan fingerprint density at radius 3 is 2.81 bits per heavy atom. The Hall–Kier alpha value is 0.110. The molecule has 0 heterocycles. The fourth-order valence-corrected chi connectivity index (χ4v) is 2.06. The topological polar surface area (TPSA) is 12.0 Å².